The van der Waals surface area contributed by atoms with E-state index in [1.165, 1.54) is 18.5 Å². The average molecular weight is 163 g/mol. The molecule has 0 fully saturated rings. The summed E-state index contributed by atoms with van der Waals surface area (Å²) in [6, 6.07) is 6.37. The Bertz CT molecular complexity index is 370. The first-order valence-electron chi connectivity index (χ1n) is 3.52. The van der Waals surface area contributed by atoms with Crippen molar-refractivity contribution in [2.75, 3.05) is 0 Å². The number of aromatic nitrogens is 1. The first-order valence-corrected chi connectivity index (χ1v) is 3.52. The Labute approximate surface area is 68.7 Å². The molecule has 3 heteroatoms. The van der Waals surface area contributed by atoms with Crippen LogP contribution in [0, 0.1) is 5.82 Å². The lowest BCUT2D eigenvalue weighted by molar-refractivity contribution is 0.562. The minimum Gasteiger partial charge on any atom is -0.444 e. The first kappa shape index (κ1) is 7.03. The summed E-state index contributed by atoms with van der Waals surface area (Å²) in [7, 11) is 0. The van der Waals surface area contributed by atoms with Crippen molar-refractivity contribution >= 4 is 0 Å². The lowest BCUT2D eigenvalue weighted by Gasteiger charge is -1.95. The summed E-state index contributed by atoms with van der Waals surface area (Å²) in [5.41, 5.74) is 0.391. The molecule has 0 unspecified atom stereocenters. The van der Waals surface area contributed by atoms with Gasteiger partial charge in [-0.2, -0.15) is 0 Å². The molecule has 0 bridgehead atoms. The van der Waals surface area contributed by atoms with Crippen LogP contribution in [-0.4, -0.2) is 4.98 Å². The molecular formula is C9H6FNO. The zero-order valence-corrected chi connectivity index (χ0v) is 6.20. The van der Waals surface area contributed by atoms with Crippen molar-refractivity contribution in [2.24, 2.45) is 0 Å². The normalized spacial score (nSPS) is 10.1. The fourth-order valence-electron chi connectivity index (χ4n) is 0.991. The Kier molecular flexibility index (Phi) is 1.63. The lowest BCUT2D eigenvalue weighted by atomic mass is 10.2. The fraction of sp³-hybridized carbons (Fsp3) is 0. The van der Waals surface area contributed by atoms with Gasteiger partial charge in [0.15, 0.2) is 0 Å². The summed E-state index contributed by atoms with van der Waals surface area (Å²) in [6.07, 6.45) is 2.91. The standard InChI is InChI=1S/C9H6FNO/c10-8-4-2-1-3-7(8)9-11-5-6-12-9/h1-6H. The van der Waals surface area contributed by atoms with E-state index in [2.05, 4.69) is 4.98 Å². The molecule has 0 aliphatic carbocycles. The molecule has 12 heavy (non-hydrogen) atoms. The maximum atomic E-state index is 13.1. The molecule has 0 amide bonds. The van der Waals surface area contributed by atoms with E-state index in [1.54, 1.807) is 18.2 Å². The minimum absolute atomic E-state index is 0.313. The van der Waals surface area contributed by atoms with E-state index in [0.29, 0.717) is 11.5 Å². The first-order chi connectivity index (χ1) is 5.88. The molecular weight excluding hydrogens is 157 g/mol. The van der Waals surface area contributed by atoms with Gasteiger partial charge in [-0.25, -0.2) is 9.37 Å². The Morgan fingerprint density at radius 1 is 1.25 bits per heavy atom. The highest BCUT2D eigenvalue weighted by atomic mass is 19.1. The van der Waals surface area contributed by atoms with Crippen LogP contribution >= 0.6 is 0 Å². The zero-order chi connectivity index (χ0) is 8.39. The fourth-order valence-corrected chi connectivity index (χ4v) is 0.991. The van der Waals surface area contributed by atoms with Crippen molar-refractivity contribution in [3.8, 4) is 11.5 Å². The molecule has 1 heterocycles. The van der Waals surface area contributed by atoms with E-state index in [4.69, 9.17) is 4.42 Å². The van der Waals surface area contributed by atoms with Gasteiger partial charge in [-0.15, -0.1) is 0 Å². The van der Waals surface area contributed by atoms with Gasteiger partial charge in [0.05, 0.1) is 11.8 Å². The van der Waals surface area contributed by atoms with Crippen molar-refractivity contribution < 1.29 is 8.81 Å². The number of oxazole rings is 1. The molecule has 0 atom stereocenters. The summed E-state index contributed by atoms with van der Waals surface area (Å²) in [6.45, 7) is 0. The smallest absolute Gasteiger partial charge is 0.228 e. The summed E-state index contributed by atoms with van der Waals surface area (Å²) in [5, 5.41) is 0. The van der Waals surface area contributed by atoms with Crippen LogP contribution in [0.25, 0.3) is 11.5 Å². The van der Waals surface area contributed by atoms with Crippen LogP contribution in [0.2, 0.25) is 0 Å². The van der Waals surface area contributed by atoms with Crippen molar-refractivity contribution in [1.82, 2.24) is 4.98 Å². The van der Waals surface area contributed by atoms with Gasteiger partial charge in [0, 0.05) is 0 Å². The van der Waals surface area contributed by atoms with E-state index >= 15 is 0 Å². The van der Waals surface area contributed by atoms with Gasteiger partial charge in [-0.3, -0.25) is 0 Å². The molecule has 2 nitrogen and oxygen atoms in total. The van der Waals surface area contributed by atoms with Gasteiger partial charge in [0.2, 0.25) is 5.89 Å². The number of rotatable bonds is 1. The van der Waals surface area contributed by atoms with Gasteiger partial charge < -0.3 is 4.42 Å². The molecule has 0 aliphatic rings. The van der Waals surface area contributed by atoms with Gasteiger partial charge in [0.1, 0.15) is 12.1 Å². The van der Waals surface area contributed by atoms with Crippen LogP contribution in [0.4, 0.5) is 4.39 Å². The molecule has 1 aromatic heterocycles. The van der Waals surface area contributed by atoms with Crippen molar-refractivity contribution in [2.45, 2.75) is 0 Å². The van der Waals surface area contributed by atoms with Crippen molar-refractivity contribution in [3.63, 3.8) is 0 Å². The third-order valence-corrected chi connectivity index (χ3v) is 1.54. The molecule has 1 aromatic carbocycles. The second-order valence-corrected chi connectivity index (χ2v) is 2.32. The Morgan fingerprint density at radius 3 is 2.75 bits per heavy atom. The monoisotopic (exact) mass is 163 g/mol. The molecule has 2 aromatic rings. The lowest BCUT2D eigenvalue weighted by Crippen LogP contribution is -1.81. The van der Waals surface area contributed by atoms with Gasteiger partial charge in [0.25, 0.3) is 0 Å². The van der Waals surface area contributed by atoms with E-state index in [1.807, 2.05) is 0 Å². The number of halogens is 1. The quantitative estimate of drug-likeness (QED) is 0.645. The molecule has 0 N–H and O–H groups in total. The van der Waals surface area contributed by atoms with E-state index in [0.717, 1.165) is 0 Å². The second kappa shape index (κ2) is 2.77. The van der Waals surface area contributed by atoms with Crippen LogP contribution in [0.5, 0.6) is 0 Å². The zero-order valence-electron chi connectivity index (χ0n) is 6.20. The maximum Gasteiger partial charge on any atom is 0.228 e. The molecule has 60 valence electrons. The predicted octanol–water partition coefficient (Wildman–Crippen LogP) is 2.48. The van der Waals surface area contributed by atoms with Crippen LogP contribution < -0.4 is 0 Å². The van der Waals surface area contributed by atoms with Gasteiger partial charge in [-0.05, 0) is 12.1 Å². The highest BCUT2D eigenvalue weighted by Gasteiger charge is 2.06. The average Bonchev–Trinajstić information content (AvgIpc) is 2.57. The van der Waals surface area contributed by atoms with Crippen LogP contribution in [0.3, 0.4) is 0 Å². The second-order valence-electron chi connectivity index (χ2n) is 2.32. The topological polar surface area (TPSA) is 26.0 Å². The van der Waals surface area contributed by atoms with E-state index in [9.17, 15) is 4.39 Å². The Morgan fingerprint density at radius 2 is 2.08 bits per heavy atom. The highest BCUT2D eigenvalue weighted by Crippen LogP contribution is 2.19. The van der Waals surface area contributed by atoms with Crippen molar-refractivity contribution in [1.29, 1.82) is 0 Å². The number of hydrogen-bond donors (Lipinski definition) is 0. The van der Waals surface area contributed by atoms with Crippen LogP contribution in [0.1, 0.15) is 0 Å². The summed E-state index contributed by atoms with van der Waals surface area (Å²) < 4.78 is 18.0. The van der Waals surface area contributed by atoms with Gasteiger partial charge in [-0.1, -0.05) is 12.1 Å². The SMILES string of the molecule is Fc1ccccc1-c1ncco1. The summed E-state index contributed by atoms with van der Waals surface area (Å²) >= 11 is 0. The number of hydrogen-bond acceptors (Lipinski definition) is 2. The van der Waals surface area contributed by atoms with Gasteiger partial charge >= 0.3 is 0 Å². The Hall–Kier alpha value is -1.64. The number of benzene rings is 1. The molecule has 0 saturated carbocycles. The largest absolute Gasteiger partial charge is 0.444 e. The van der Waals surface area contributed by atoms with E-state index in [-0.39, 0.29) is 5.82 Å². The molecule has 0 saturated heterocycles. The Balaban J connectivity index is 2.55. The van der Waals surface area contributed by atoms with Crippen LogP contribution in [-0.2, 0) is 0 Å². The molecule has 2 rings (SSSR count). The summed E-state index contributed by atoms with van der Waals surface area (Å²) in [4.78, 5) is 3.84. The summed E-state index contributed by atoms with van der Waals surface area (Å²) in [5.74, 6) is -0.00644. The highest BCUT2D eigenvalue weighted by molar-refractivity contribution is 5.53. The van der Waals surface area contributed by atoms with Crippen LogP contribution in [0.15, 0.2) is 41.1 Å². The number of nitrogens with zero attached hydrogens (tertiary/aromatic N) is 1. The van der Waals surface area contributed by atoms with Crippen molar-refractivity contribution in [3.05, 3.63) is 42.5 Å². The van der Waals surface area contributed by atoms with E-state index < -0.39 is 0 Å². The molecule has 0 spiro atoms. The maximum absolute atomic E-state index is 13.1. The third kappa shape index (κ3) is 1.09. The molecule has 0 aliphatic heterocycles. The minimum atomic E-state index is -0.319. The third-order valence-electron chi connectivity index (χ3n) is 1.54. The predicted molar refractivity (Wildman–Crippen MR) is 41.9 cm³/mol. The molecule has 0 radical (unpaired) electrons.